The molecule has 3 rings (SSSR count). The molecule has 0 fully saturated rings. The fraction of sp³-hybridized carbons (Fsp3) is 0.261. The number of benzene rings is 2. The third-order valence-corrected chi connectivity index (χ3v) is 4.99. The molecule has 1 N–H and O–H groups in total. The molecule has 2 aromatic carbocycles. The number of hydrogen-bond acceptors (Lipinski definition) is 5. The Morgan fingerprint density at radius 1 is 1.06 bits per heavy atom. The van der Waals surface area contributed by atoms with Gasteiger partial charge in [0.1, 0.15) is 11.4 Å². The quantitative estimate of drug-likeness (QED) is 0.590. The predicted molar refractivity (Wildman–Crippen MR) is 117 cm³/mol. The van der Waals surface area contributed by atoms with Crippen molar-refractivity contribution in [2.75, 3.05) is 12.4 Å². The van der Waals surface area contributed by atoms with Crippen LogP contribution >= 0.6 is 0 Å². The van der Waals surface area contributed by atoms with E-state index in [1.165, 1.54) is 11.6 Å². The number of methoxy groups -OCH3 is 1. The second-order valence-electron chi connectivity index (χ2n) is 7.08. The van der Waals surface area contributed by atoms with Crippen molar-refractivity contribution in [3.05, 3.63) is 76.2 Å². The molecule has 0 spiro atoms. The van der Waals surface area contributed by atoms with Crippen molar-refractivity contribution in [3.63, 3.8) is 0 Å². The summed E-state index contributed by atoms with van der Waals surface area (Å²) in [5.74, 6) is -0.433. The largest absolute Gasteiger partial charge is 0.497 e. The molecule has 1 aromatic heterocycles. The molecule has 1 amide bonds. The second kappa shape index (κ2) is 9.34. The Morgan fingerprint density at radius 2 is 1.71 bits per heavy atom. The minimum atomic E-state index is -1.06. The van der Waals surface area contributed by atoms with Crippen LogP contribution < -0.4 is 15.6 Å². The van der Waals surface area contributed by atoms with E-state index in [0.717, 1.165) is 5.56 Å². The Balaban J connectivity index is 1.68. The number of rotatable bonds is 7. The third-order valence-electron chi connectivity index (χ3n) is 4.99. The van der Waals surface area contributed by atoms with E-state index in [9.17, 15) is 14.4 Å². The van der Waals surface area contributed by atoms with Crippen molar-refractivity contribution in [1.82, 2.24) is 9.36 Å². The van der Waals surface area contributed by atoms with Gasteiger partial charge in [-0.05, 0) is 43.7 Å². The van der Waals surface area contributed by atoms with Gasteiger partial charge in [0.05, 0.1) is 24.9 Å². The van der Waals surface area contributed by atoms with Crippen molar-refractivity contribution in [2.45, 2.75) is 26.4 Å². The van der Waals surface area contributed by atoms with Gasteiger partial charge in [0, 0.05) is 7.05 Å². The van der Waals surface area contributed by atoms with Gasteiger partial charge < -0.3 is 14.8 Å². The number of nitrogens with zero attached hydrogens (tertiary/aromatic N) is 2. The zero-order chi connectivity index (χ0) is 22.5. The maximum atomic E-state index is 12.9. The van der Waals surface area contributed by atoms with E-state index in [1.807, 2.05) is 18.2 Å². The van der Waals surface area contributed by atoms with Gasteiger partial charge in [-0.2, -0.15) is 0 Å². The molecular weight excluding hydrogens is 398 g/mol. The van der Waals surface area contributed by atoms with E-state index in [4.69, 9.17) is 9.47 Å². The van der Waals surface area contributed by atoms with Gasteiger partial charge in [-0.3, -0.25) is 19.1 Å². The fourth-order valence-corrected chi connectivity index (χ4v) is 3.14. The van der Waals surface area contributed by atoms with Crippen molar-refractivity contribution in [2.24, 2.45) is 7.05 Å². The molecule has 0 bridgehead atoms. The normalized spacial score (nSPS) is 11.6. The predicted octanol–water partition coefficient (Wildman–Crippen LogP) is 2.61. The van der Waals surface area contributed by atoms with E-state index in [-0.39, 0.29) is 17.7 Å². The molecule has 8 nitrogen and oxygen atoms in total. The molecular formula is C23H25N3O5. The van der Waals surface area contributed by atoms with Gasteiger partial charge in [0.15, 0.2) is 6.10 Å². The summed E-state index contributed by atoms with van der Waals surface area (Å²) in [6, 6.07) is 16.1. The number of hydrogen-bond donors (Lipinski definition) is 1. The number of carbonyl (C=O) groups excluding carboxylic acids is 2. The Bertz CT molecular complexity index is 1130. The highest BCUT2D eigenvalue weighted by Gasteiger charge is 2.23. The van der Waals surface area contributed by atoms with Gasteiger partial charge in [0.25, 0.3) is 11.5 Å². The molecule has 3 aromatic rings. The number of esters is 1. The molecule has 0 aliphatic rings. The molecule has 0 aliphatic carbocycles. The Morgan fingerprint density at radius 3 is 2.32 bits per heavy atom. The van der Waals surface area contributed by atoms with Crippen molar-refractivity contribution < 1.29 is 19.1 Å². The lowest BCUT2D eigenvalue weighted by Gasteiger charge is -2.13. The first-order valence-corrected chi connectivity index (χ1v) is 9.79. The molecule has 162 valence electrons. The van der Waals surface area contributed by atoms with Crippen LogP contribution in [0, 0.1) is 6.92 Å². The third kappa shape index (κ3) is 4.85. The van der Waals surface area contributed by atoms with Crippen molar-refractivity contribution in [3.8, 4) is 11.4 Å². The molecule has 8 heteroatoms. The van der Waals surface area contributed by atoms with Crippen LogP contribution in [0.15, 0.2) is 59.4 Å². The fourth-order valence-electron chi connectivity index (χ4n) is 3.14. The second-order valence-corrected chi connectivity index (χ2v) is 7.08. The number of ether oxygens (including phenoxy) is 2. The highest BCUT2D eigenvalue weighted by molar-refractivity contribution is 5.95. The number of anilines is 1. The zero-order valence-corrected chi connectivity index (χ0v) is 17.9. The van der Waals surface area contributed by atoms with Gasteiger partial charge in [-0.1, -0.05) is 30.3 Å². The van der Waals surface area contributed by atoms with Crippen LogP contribution in [0.25, 0.3) is 5.69 Å². The summed E-state index contributed by atoms with van der Waals surface area (Å²) in [7, 11) is 3.30. The zero-order valence-electron chi connectivity index (χ0n) is 17.9. The Kier molecular flexibility index (Phi) is 6.59. The first-order valence-electron chi connectivity index (χ1n) is 9.79. The average molecular weight is 423 g/mol. The van der Waals surface area contributed by atoms with Crippen molar-refractivity contribution in [1.29, 1.82) is 0 Å². The van der Waals surface area contributed by atoms with Crippen LogP contribution in [0.4, 0.5) is 5.69 Å². The molecule has 1 atom stereocenters. The molecule has 1 heterocycles. The number of aromatic nitrogens is 2. The standard InChI is InChI=1S/C23H25N3O5/c1-15-21(23(29)26(25(15)3)18-8-6-5-7-9-18)24-22(28)16(2)31-20(27)14-17-10-12-19(30-4)13-11-17/h5-13,16H,14H2,1-4H3,(H,24,28)/t16-/m0/s1. The maximum absolute atomic E-state index is 12.9. The first-order chi connectivity index (χ1) is 14.8. The Hall–Kier alpha value is -3.81. The maximum Gasteiger partial charge on any atom is 0.311 e. The summed E-state index contributed by atoms with van der Waals surface area (Å²) >= 11 is 0. The minimum absolute atomic E-state index is 0.0206. The van der Waals surface area contributed by atoms with Gasteiger partial charge in [0.2, 0.25) is 0 Å². The smallest absolute Gasteiger partial charge is 0.311 e. The van der Waals surface area contributed by atoms with E-state index in [0.29, 0.717) is 17.1 Å². The summed E-state index contributed by atoms with van der Waals surface area (Å²) in [5.41, 5.74) is 1.78. The first kappa shape index (κ1) is 21.9. The summed E-state index contributed by atoms with van der Waals surface area (Å²) in [6.07, 6.45) is -1.04. The van der Waals surface area contributed by atoms with Gasteiger partial charge >= 0.3 is 5.97 Å². The number of para-hydroxylation sites is 1. The minimum Gasteiger partial charge on any atom is -0.497 e. The van der Waals surface area contributed by atoms with E-state index >= 15 is 0 Å². The van der Waals surface area contributed by atoms with Crippen LogP contribution in [-0.2, 0) is 27.8 Å². The number of carbonyl (C=O) groups is 2. The summed E-state index contributed by atoms with van der Waals surface area (Å²) < 4.78 is 13.5. The molecule has 0 unspecified atom stereocenters. The van der Waals surface area contributed by atoms with Gasteiger partial charge in [-0.25, -0.2) is 4.68 Å². The topological polar surface area (TPSA) is 91.6 Å². The van der Waals surface area contributed by atoms with Crippen LogP contribution in [-0.4, -0.2) is 34.5 Å². The van der Waals surface area contributed by atoms with E-state index in [2.05, 4.69) is 5.32 Å². The Labute approximate surface area is 180 Å². The van der Waals surface area contributed by atoms with Crippen LogP contribution in [0.3, 0.4) is 0 Å². The summed E-state index contributed by atoms with van der Waals surface area (Å²) in [4.78, 5) is 37.7. The molecule has 0 radical (unpaired) electrons. The SMILES string of the molecule is COc1ccc(CC(=O)O[C@@H](C)C(=O)Nc2c(C)n(C)n(-c3ccccc3)c2=O)cc1. The van der Waals surface area contributed by atoms with Crippen molar-refractivity contribution >= 4 is 17.6 Å². The van der Waals surface area contributed by atoms with E-state index < -0.39 is 18.0 Å². The van der Waals surface area contributed by atoms with Gasteiger partial charge in [-0.15, -0.1) is 0 Å². The molecule has 0 aliphatic heterocycles. The highest BCUT2D eigenvalue weighted by atomic mass is 16.5. The average Bonchev–Trinajstić information content (AvgIpc) is 2.97. The lowest BCUT2D eigenvalue weighted by Crippen LogP contribution is -2.32. The molecule has 0 saturated carbocycles. The highest BCUT2D eigenvalue weighted by Crippen LogP contribution is 2.15. The molecule has 31 heavy (non-hydrogen) atoms. The molecule has 0 saturated heterocycles. The van der Waals surface area contributed by atoms with Crippen LogP contribution in [0.5, 0.6) is 5.75 Å². The summed E-state index contributed by atoms with van der Waals surface area (Å²) in [6.45, 7) is 3.20. The lowest BCUT2D eigenvalue weighted by atomic mass is 10.1. The van der Waals surface area contributed by atoms with E-state index in [1.54, 1.807) is 62.2 Å². The lowest BCUT2D eigenvalue weighted by molar-refractivity contribution is -0.152. The van der Waals surface area contributed by atoms with Crippen LogP contribution in [0.1, 0.15) is 18.2 Å². The van der Waals surface area contributed by atoms with Crippen LogP contribution in [0.2, 0.25) is 0 Å². The summed E-state index contributed by atoms with van der Waals surface area (Å²) in [5, 5.41) is 2.61. The monoisotopic (exact) mass is 423 g/mol. The number of nitrogens with one attached hydrogen (secondary N) is 1. The number of amides is 1.